The second-order valence-corrected chi connectivity index (χ2v) is 8.90. The molecule has 0 aliphatic heterocycles. The second kappa shape index (κ2) is 7.56. The van der Waals surface area contributed by atoms with Gasteiger partial charge in [-0.3, -0.25) is 10.1 Å². The van der Waals surface area contributed by atoms with Crippen LogP contribution in [0.1, 0.15) is 55.8 Å². The van der Waals surface area contributed by atoms with E-state index >= 15 is 0 Å². The number of carbonyl (C=O) groups is 3. The van der Waals surface area contributed by atoms with Gasteiger partial charge in [-0.15, -0.1) is 11.3 Å². The minimum atomic E-state index is -0.922. The second-order valence-electron chi connectivity index (χ2n) is 7.08. The molecule has 2 rings (SSSR count). The molecule has 0 radical (unpaired) electrons. The van der Waals surface area contributed by atoms with Crippen molar-refractivity contribution < 1.29 is 23.9 Å². The lowest BCUT2D eigenvalue weighted by Gasteiger charge is -2.19. The summed E-state index contributed by atoms with van der Waals surface area (Å²) in [6, 6.07) is 0. The van der Waals surface area contributed by atoms with Crippen LogP contribution in [-0.2, 0) is 14.3 Å². The van der Waals surface area contributed by atoms with Crippen molar-refractivity contribution in [1.82, 2.24) is 5.32 Å². The Bertz CT molecular complexity index is 734. The molecule has 0 atom stereocenters. The highest BCUT2D eigenvalue weighted by Gasteiger charge is 2.53. The molecular formula is C17H23BrN2O5S. The highest BCUT2D eigenvalue weighted by atomic mass is 79.9. The van der Waals surface area contributed by atoms with E-state index in [0.29, 0.717) is 32.8 Å². The summed E-state index contributed by atoms with van der Waals surface area (Å²) in [5.41, 5.74) is -0.867. The summed E-state index contributed by atoms with van der Waals surface area (Å²) >= 11 is 4.51. The first-order chi connectivity index (χ1) is 12.0. The Morgan fingerprint density at radius 3 is 2.38 bits per heavy atom. The van der Waals surface area contributed by atoms with Crippen LogP contribution in [0.3, 0.4) is 0 Å². The summed E-state index contributed by atoms with van der Waals surface area (Å²) in [6.07, 6.45) is 0.523. The SMILES string of the molecule is CCOC(=O)C1(NC(=O)c2sc(NC(=O)OC(C)(C)C)c(Br)c2C)CC1. The predicted octanol–water partition coefficient (Wildman–Crippen LogP) is 3.99. The fourth-order valence-corrected chi connectivity index (χ4v) is 3.89. The monoisotopic (exact) mass is 446 g/mol. The number of carbonyl (C=O) groups excluding carboxylic acids is 3. The van der Waals surface area contributed by atoms with Crippen molar-refractivity contribution in [2.24, 2.45) is 0 Å². The summed E-state index contributed by atoms with van der Waals surface area (Å²) in [5, 5.41) is 5.89. The van der Waals surface area contributed by atoms with Crippen LogP contribution in [0.4, 0.5) is 9.80 Å². The van der Waals surface area contributed by atoms with E-state index in [9.17, 15) is 14.4 Å². The van der Waals surface area contributed by atoms with Crippen molar-refractivity contribution in [2.45, 2.75) is 58.6 Å². The standard InChI is InChI=1S/C17H23BrN2O5S/c1-6-24-14(22)17(7-8-17)20-12(21)11-9(2)10(18)13(26-11)19-15(23)25-16(3,4)5/h6-8H2,1-5H3,(H,19,23)(H,20,21). The van der Waals surface area contributed by atoms with E-state index in [1.165, 1.54) is 0 Å². The van der Waals surface area contributed by atoms with E-state index in [1.54, 1.807) is 34.6 Å². The van der Waals surface area contributed by atoms with Gasteiger partial charge in [-0.05, 0) is 69.0 Å². The number of esters is 1. The molecule has 9 heteroatoms. The van der Waals surface area contributed by atoms with E-state index < -0.39 is 23.2 Å². The maximum Gasteiger partial charge on any atom is 0.412 e. The summed E-state index contributed by atoms with van der Waals surface area (Å²) in [7, 11) is 0. The molecule has 1 aromatic heterocycles. The third-order valence-corrected chi connectivity index (χ3v) is 6.12. The van der Waals surface area contributed by atoms with E-state index in [0.717, 1.165) is 11.3 Å². The molecule has 0 bridgehead atoms. The van der Waals surface area contributed by atoms with Crippen LogP contribution in [-0.4, -0.2) is 35.7 Å². The summed E-state index contributed by atoms with van der Waals surface area (Å²) in [5.74, 6) is -0.773. The number of thiophene rings is 1. The normalized spacial score (nSPS) is 15.2. The number of anilines is 1. The van der Waals surface area contributed by atoms with Crippen LogP contribution in [0.25, 0.3) is 0 Å². The van der Waals surface area contributed by atoms with Crippen molar-refractivity contribution in [2.75, 3.05) is 11.9 Å². The van der Waals surface area contributed by atoms with Crippen LogP contribution in [0, 0.1) is 6.92 Å². The third kappa shape index (κ3) is 4.76. The zero-order chi connectivity index (χ0) is 19.7. The topological polar surface area (TPSA) is 93.7 Å². The molecule has 0 spiro atoms. The largest absolute Gasteiger partial charge is 0.464 e. The van der Waals surface area contributed by atoms with Crippen LogP contribution >= 0.6 is 27.3 Å². The molecule has 0 unspecified atom stereocenters. The smallest absolute Gasteiger partial charge is 0.412 e. The van der Waals surface area contributed by atoms with Gasteiger partial charge in [-0.1, -0.05) is 0 Å². The lowest BCUT2D eigenvalue weighted by atomic mass is 10.2. The molecule has 1 aliphatic rings. The molecule has 1 saturated carbocycles. The van der Waals surface area contributed by atoms with E-state index in [1.807, 2.05) is 0 Å². The zero-order valence-corrected chi connectivity index (χ0v) is 17.9. The molecule has 0 aromatic carbocycles. The number of ether oxygens (including phenoxy) is 2. The van der Waals surface area contributed by atoms with Crippen molar-refractivity contribution in [3.8, 4) is 0 Å². The van der Waals surface area contributed by atoms with E-state index in [4.69, 9.17) is 9.47 Å². The van der Waals surface area contributed by atoms with Crippen molar-refractivity contribution in [3.05, 3.63) is 14.9 Å². The Labute approximate surface area is 164 Å². The molecule has 1 aliphatic carbocycles. The van der Waals surface area contributed by atoms with Gasteiger partial charge in [-0.25, -0.2) is 9.59 Å². The molecule has 2 amide bonds. The first-order valence-corrected chi connectivity index (χ1v) is 9.88. The summed E-state index contributed by atoms with van der Waals surface area (Å²) < 4.78 is 10.9. The Morgan fingerprint density at radius 2 is 1.88 bits per heavy atom. The zero-order valence-electron chi connectivity index (χ0n) is 15.4. The highest BCUT2D eigenvalue weighted by Crippen LogP contribution is 2.40. The third-order valence-electron chi connectivity index (χ3n) is 3.66. The van der Waals surface area contributed by atoms with Gasteiger partial charge < -0.3 is 14.8 Å². The van der Waals surface area contributed by atoms with E-state index in [-0.39, 0.29) is 12.5 Å². The van der Waals surface area contributed by atoms with Gasteiger partial charge in [0.15, 0.2) is 0 Å². The van der Waals surface area contributed by atoms with Crippen molar-refractivity contribution in [1.29, 1.82) is 0 Å². The Kier molecular flexibility index (Phi) is 6.02. The minimum Gasteiger partial charge on any atom is -0.464 e. The quantitative estimate of drug-likeness (QED) is 0.666. The van der Waals surface area contributed by atoms with Crippen LogP contribution in [0.5, 0.6) is 0 Å². The van der Waals surface area contributed by atoms with Gasteiger partial charge >= 0.3 is 12.1 Å². The maximum atomic E-state index is 12.6. The number of hydrogen-bond acceptors (Lipinski definition) is 6. The van der Waals surface area contributed by atoms with Crippen LogP contribution in [0.2, 0.25) is 0 Å². The molecule has 1 aromatic rings. The van der Waals surface area contributed by atoms with Gasteiger partial charge in [0.2, 0.25) is 0 Å². The van der Waals surface area contributed by atoms with Gasteiger partial charge in [0.05, 0.1) is 16.0 Å². The molecule has 144 valence electrons. The van der Waals surface area contributed by atoms with E-state index in [2.05, 4.69) is 26.6 Å². The average Bonchev–Trinajstić information content (AvgIpc) is 3.23. The molecular weight excluding hydrogens is 424 g/mol. The summed E-state index contributed by atoms with van der Waals surface area (Å²) in [4.78, 5) is 37.0. The highest BCUT2D eigenvalue weighted by molar-refractivity contribution is 9.10. The van der Waals surface area contributed by atoms with Gasteiger partial charge in [-0.2, -0.15) is 0 Å². The fraction of sp³-hybridized carbons (Fsp3) is 0.588. The van der Waals surface area contributed by atoms with Gasteiger partial charge in [0.1, 0.15) is 16.1 Å². The number of hydrogen-bond donors (Lipinski definition) is 2. The predicted molar refractivity (Wildman–Crippen MR) is 103 cm³/mol. The Morgan fingerprint density at radius 1 is 1.27 bits per heavy atom. The molecule has 1 heterocycles. The molecule has 7 nitrogen and oxygen atoms in total. The number of halogens is 1. The summed E-state index contributed by atoms with van der Waals surface area (Å²) in [6.45, 7) is 9.06. The lowest BCUT2D eigenvalue weighted by molar-refractivity contribution is -0.146. The molecule has 1 fully saturated rings. The average molecular weight is 447 g/mol. The Hall–Kier alpha value is -1.61. The number of amides is 2. The van der Waals surface area contributed by atoms with Gasteiger partial charge in [0.25, 0.3) is 5.91 Å². The number of nitrogens with one attached hydrogen (secondary N) is 2. The van der Waals surface area contributed by atoms with Gasteiger partial charge in [0, 0.05) is 0 Å². The molecule has 26 heavy (non-hydrogen) atoms. The first kappa shape index (κ1) is 20.7. The van der Waals surface area contributed by atoms with Crippen molar-refractivity contribution >= 4 is 50.2 Å². The van der Waals surface area contributed by atoms with Crippen molar-refractivity contribution in [3.63, 3.8) is 0 Å². The molecule has 0 saturated heterocycles. The lowest BCUT2D eigenvalue weighted by Crippen LogP contribution is -2.44. The van der Waals surface area contributed by atoms with Crippen LogP contribution in [0.15, 0.2) is 4.47 Å². The molecule has 2 N–H and O–H groups in total. The van der Waals surface area contributed by atoms with Crippen LogP contribution < -0.4 is 10.6 Å². The Balaban J connectivity index is 2.12. The maximum absolute atomic E-state index is 12.6. The first-order valence-electron chi connectivity index (χ1n) is 8.27. The minimum absolute atomic E-state index is 0.268. The fourth-order valence-electron chi connectivity index (χ4n) is 2.24. The number of rotatable bonds is 5.